The number of fused-ring (bicyclic) bond motifs is 6. The topological polar surface area (TPSA) is 42.7 Å². The predicted molar refractivity (Wildman–Crippen MR) is 219 cm³/mol. The number of benzene rings is 2. The molecule has 4 nitrogen and oxygen atoms in total. The van der Waals surface area contributed by atoms with Gasteiger partial charge in [0.05, 0.1) is 28.3 Å². The number of nitrogens with one attached hydrogen (secondary N) is 1. The molecule has 1 saturated carbocycles. The highest BCUT2D eigenvalue weighted by Gasteiger charge is 2.43. The Hall–Kier alpha value is -4.70. The van der Waals surface area contributed by atoms with Crippen molar-refractivity contribution in [3.8, 4) is 11.4 Å². The number of hydrogen-bond donors (Lipinski definition) is 1. The number of aromatic nitrogens is 3. The summed E-state index contributed by atoms with van der Waals surface area (Å²) < 4.78 is 2.85. The van der Waals surface area contributed by atoms with Crippen LogP contribution in [0.1, 0.15) is 125 Å². The van der Waals surface area contributed by atoms with E-state index in [2.05, 4.69) is 123 Å². The molecule has 0 bridgehead atoms. The van der Waals surface area contributed by atoms with Crippen LogP contribution in [-0.2, 0) is 5.41 Å². The summed E-state index contributed by atoms with van der Waals surface area (Å²) in [7, 11) is 0. The monoisotopic (exact) mass is 684 g/mol. The molecular formula is C48H52N4. The van der Waals surface area contributed by atoms with E-state index in [4.69, 9.17) is 9.97 Å². The Kier molecular flexibility index (Phi) is 8.33. The van der Waals surface area contributed by atoms with Gasteiger partial charge in [-0.3, -0.25) is 4.98 Å². The minimum absolute atomic E-state index is 0.0293. The number of pyridine rings is 2. The second kappa shape index (κ2) is 13.1. The van der Waals surface area contributed by atoms with Crippen molar-refractivity contribution in [3.63, 3.8) is 0 Å². The molecule has 3 unspecified atom stereocenters. The second-order valence-electron chi connectivity index (χ2n) is 16.4. The number of nitrogens with zero attached hydrogens (tertiary/aromatic N) is 3. The lowest BCUT2D eigenvalue weighted by atomic mass is 9.76. The molecule has 4 heterocycles. The van der Waals surface area contributed by atoms with Crippen LogP contribution < -0.4 is 5.32 Å². The maximum atomic E-state index is 5.16. The van der Waals surface area contributed by atoms with Crippen molar-refractivity contribution in [3.05, 3.63) is 124 Å². The van der Waals surface area contributed by atoms with Crippen LogP contribution in [-0.4, -0.2) is 21.1 Å². The fourth-order valence-corrected chi connectivity index (χ4v) is 10.6. The van der Waals surface area contributed by atoms with E-state index in [-0.39, 0.29) is 5.41 Å². The van der Waals surface area contributed by atoms with Gasteiger partial charge in [-0.2, -0.15) is 0 Å². The molecule has 3 aromatic heterocycles. The molecule has 9 rings (SSSR count). The Morgan fingerprint density at radius 1 is 0.923 bits per heavy atom. The zero-order valence-corrected chi connectivity index (χ0v) is 31.6. The Morgan fingerprint density at radius 2 is 1.73 bits per heavy atom. The van der Waals surface area contributed by atoms with Gasteiger partial charge in [-0.25, -0.2) is 4.98 Å². The SMILES string of the molecule is C/C=C\c1c(C)c2c(c3c1c1ccccc1n3C1CCC(C)C(c3cc(C4=CC=CCN4)nc(-c4ccccn4)c3)CC1)C(C)(C)C1=C2CCCC1. The summed E-state index contributed by atoms with van der Waals surface area (Å²) in [5, 5.41) is 6.44. The lowest BCUT2D eigenvalue weighted by Gasteiger charge is -2.29. The molecule has 5 aromatic rings. The third-order valence-corrected chi connectivity index (χ3v) is 13.0. The third-order valence-electron chi connectivity index (χ3n) is 13.0. The molecule has 4 aliphatic rings. The fourth-order valence-electron chi connectivity index (χ4n) is 10.6. The summed E-state index contributed by atoms with van der Waals surface area (Å²) in [6, 6.07) is 20.6. The maximum absolute atomic E-state index is 5.16. The fraction of sp³-hybridized carbons (Fsp3) is 0.375. The zero-order valence-electron chi connectivity index (χ0n) is 31.6. The molecule has 1 fully saturated rings. The van der Waals surface area contributed by atoms with Crippen molar-refractivity contribution in [1.29, 1.82) is 0 Å². The lowest BCUT2D eigenvalue weighted by molar-refractivity contribution is 0.430. The average Bonchev–Trinajstić information content (AvgIpc) is 3.54. The summed E-state index contributed by atoms with van der Waals surface area (Å²) in [5.41, 5.74) is 17.8. The van der Waals surface area contributed by atoms with Crippen molar-refractivity contribution in [2.24, 2.45) is 5.92 Å². The standard InChI is InChI=1S/C48H52N4/c1-6-15-35-31(3)44-36-16-7-9-18-38(36)48(4,5)46(44)47-45(35)37-17-8-10-21-43(37)52(47)33-23-22-30(2)34(25-24-33)32-28-41(39-19-11-13-26-49-39)51-42(29-32)40-20-12-14-27-50-40/h6,8,10-15,17,19-21,26,28-30,33-34,50H,7,9,16,18,22-25,27H2,1-5H3/b15-6-. The zero-order chi connectivity index (χ0) is 35.6. The normalized spacial score (nSPS) is 22.8. The van der Waals surface area contributed by atoms with E-state index in [9.17, 15) is 0 Å². The van der Waals surface area contributed by atoms with Gasteiger partial charge in [0.1, 0.15) is 0 Å². The van der Waals surface area contributed by atoms with Gasteiger partial charge in [0.25, 0.3) is 0 Å². The summed E-state index contributed by atoms with van der Waals surface area (Å²) in [5.74, 6) is 0.995. The van der Waals surface area contributed by atoms with Gasteiger partial charge in [-0.05, 0) is 147 Å². The highest BCUT2D eigenvalue weighted by atomic mass is 15.0. The van der Waals surface area contributed by atoms with Crippen LogP contribution in [0.5, 0.6) is 0 Å². The number of rotatable bonds is 5. The van der Waals surface area contributed by atoms with Gasteiger partial charge < -0.3 is 9.88 Å². The van der Waals surface area contributed by atoms with E-state index in [1.54, 1.807) is 22.3 Å². The first-order chi connectivity index (χ1) is 25.4. The van der Waals surface area contributed by atoms with Crippen molar-refractivity contribution < 1.29 is 0 Å². The summed E-state index contributed by atoms with van der Waals surface area (Å²) in [4.78, 5) is 9.89. The minimum atomic E-state index is 0.0293. The molecule has 0 saturated heterocycles. The second-order valence-corrected chi connectivity index (χ2v) is 16.4. The Labute approximate surface area is 309 Å². The predicted octanol–water partition coefficient (Wildman–Crippen LogP) is 12.2. The third kappa shape index (κ3) is 5.24. The van der Waals surface area contributed by atoms with Gasteiger partial charge in [0, 0.05) is 40.5 Å². The van der Waals surface area contributed by atoms with Crippen LogP contribution in [0.25, 0.3) is 50.5 Å². The Morgan fingerprint density at radius 3 is 2.54 bits per heavy atom. The van der Waals surface area contributed by atoms with Crippen LogP contribution in [0.3, 0.4) is 0 Å². The molecule has 3 atom stereocenters. The minimum Gasteiger partial charge on any atom is -0.380 e. The number of hydrogen-bond acceptors (Lipinski definition) is 3. The van der Waals surface area contributed by atoms with Crippen molar-refractivity contribution >= 4 is 39.2 Å². The first-order valence-corrected chi connectivity index (χ1v) is 19.9. The van der Waals surface area contributed by atoms with Crippen LogP contribution >= 0.6 is 0 Å². The summed E-state index contributed by atoms with van der Waals surface area (Å²) in [6.07, 6.45) is 22.7. The molecule has 52 heavy (non-hydrogen) atoms. The van der Waals surface area contributed by atoms with Crippen LogP contribution in [0.4, 0.5) is 0 Å². The van der Waals surface area contributed by atoms with Gasteiger partial charge in [0.15, 0.2) is 0 Å². The highest BCUT2D eigenvalue weighted by molar-refractivity contribution is 6.16. The number of dihydropyridines is 1. The van der Waals surface area contributed by atoms with Crippen LogP contribution in [0.2, 0.25) is 0 Å². The molecule has 0 spiro atoms. The van der Waals surface area contributed by atoms with Gasteiger partial charge >= 0.3 is 0 Å². The summed E-state index contributed by atoms with van der Waals surface area (Å²) >= 11 is 0. The first-order valence-electron chi connectivity index (χ1n) is 19.9. The van der Waals surface area contributed by atoms with E-state index < -0.39 is 0 Å². The van der Waals surface area contributed by atoms with Crippen LogP contribution in [0, 0.1) is 12.8 Å². The maximum Gasteiger partial charge on any atom is 0.0897 e. The smallest absolute Gasteiger partial charge is 0.0897 e. The van der Waals surface area contributed by atoms with E-state index in [1.165, 1.54) is 77.0 Å². The molecule has 1 aliphatic heterocycles. The Bertz CT molecular complexity index is 2330. The molecule has 0 radical (unpaired) electrons. The molecule has 3 aliphatic carbocycles. The van der Waals surface area contributed by atoms with Gasteiger partial charge in [0.2, 0.25) is 0 Å². The summed E-state index contributed by atoms with van der Waals surface area (Å²) in [6.45, 7) is 13.0. The number of allylic oxidation sites excluding steroid dienone is 5. The molecule has 1 N–H and O–H groups in total. The van der Waals surface area contributed by atoms with Crippen molar-refractivity contribution in [2.75, 3.05) is 6.54 Å². The molecule has 2 aromatic carbocycles. The lowest BCUT2D eigenvalue weighted by Crippen LogP contribution is -2.21. The number of para-hydroxylation sites is 1. The highest BCUT2D eigenvalue weighted by Crippen LogP contribution is 2.58. The first kappa shape index (κ1) is 33.2. The molecular weight excluding hydrogens is 633 g/mol. The van der Waals surface area contributed by atoms with E-state index in [1.807, 2.05) is 12.3 Å². The van der Waals surface area contributed by atoms with E-state index in [0.29, 0.717) is 17.9 Å². The Balaban J connectivity index is 1.19. The quantitative estimate of drug-likeness (QED) is 0.187. The molecule has 0 amide bonds. The van der Waals surface area contributed by atoms with Crippen molar-refractivity contribution in [1.82, 2.24) is 19.9 Å². The van der Waals surface area contributed by atoms with Crippen LogP contribution in [0.15, 0.2) is 90.7 Å². The molecule has 4 heteroatoms. The molecule has 264 valence electrons. The average molecular weight is 685 g/mol. The van der Waals surface area contributed by atoms with E-state index in [0.717, 1.165) is 42.2 Å². The van der Waals surface area contributed by atoms with E-state index >= 15 is 0 Å². The van der Waals surface area contributed by atoms with Gasteiger partial charge in [-0.1, -0.05) is 74.9 Å². The largest absolute Gasteiger partial charge is 0.380 e. The van der Waals surface area contributed by atoms with Gasteiger partial charge in [-0.15, -0.1) is 0 Å². The van der Waals surface area contributed by atoms with Crippen molar-refractivity contribution in [2.45, 2.75) is 103 Å².